The Morgan fingerprint density at radius 1 is 1.06 bits per heavy atom. The molecule has 172 valence electrons. The summed E-state index contributed by atoms with van der Waals surface area (Å²) in [4.78, 5) is 41.8. The maximum atomic E-state index is 13.3. The molecule has 31 heavy (non-hydrogen) atoms. The first kappa shape index (κ1) is 24.5. The third-order valence-corrected chi connectivity index (χ3v) is 5.69. The van der Waals surface area contributed by atoms with Crippen LogP contribution in [0, 0.1) is 12.8 Å². The Bertz CT molecular complexity index is 765. The second-order valence-corrected chi connectivity index (χ2v) is 8.76. The number of nitrogens with zero attached hydrogens (tertiary/aromatic N) is 2. The number of hydrogen-bond acceptors (Lipinski definition) is 3. The van der Waals surface area contributed by atoms with Crippen molar-refractivity contribution >= 4 is 23.7 Å². The fraction of sp³-hybridized carbons (Fsp3) is 0.609. The molecule has 1 aliphatic heterocycles. The molecule has 2 rings (SSSR count). The van der Waals surface area contributed by atoms with Crippen molar-refractivity contribution in [2.75, 3.05) is 25.0 Å². The number of piperazine rings is 1. The van der Waals surface area contributed by atoms with Gasteiger partial charge in [0.15, 0.2) is 0 Å². The van der Waals surface area contributed by atoms with Gasteiger partial charge < -0.3 is 25.8 Å². The monoisotopic (exact) mass is 431 g/mol. The molecule has 0 aromatic heterocycles. The molecule has 3 unspecified atom stereocenters. The fourth-order valence-electron chi connectivity index (χ4n) is 3.61. The van der Waals surface area contributed by atoms with E-state index >= 15 is 0 Å². The zero-order valence-corrected chi connectivity index (χ0v) is 19.6. The van der Waals surface area contributed by atoms with Gasteiger partial charge in [-0.15, -0.1) is 0 Å². The molecule has 0 spiro atoms. The van der Waals surface area contributed by atoms with Crippen LogP contribution in [0.25, 0.3) is 0 Å². The van der Waals surface area contributed by atoms with Crippen LogP contribution in [0.5, 0.6) is 0 Å². The minimum Gasteiger partial charge on any atom is -0.337 e. The third-order valence-electron chi connectivity index (χ3n) is 5.69. The molecule has 0 aliphatic carbocycles. The highest BCUT2D eigenvalue weighted by atomic mass is 16.2. The number of aryl methyl sites for hydroxylation is 1. The van der Waals surface area contributed by atoms with Gasteiger partial charge >= 0.3 is 12.1 Å². The third kappa shape index (κ3) is 6.87. The van der Waals surface area contributed by atoms with E-state index in [9.17, 15) is 14.4 Å². The molecule has 1 saturated heterocycles. The summed E-state index contributed by atoms with van der Waals surface area (Å²) < 4.78 is 0. The number of amides is 5. The summed E-state index contributed by atoms with van der Waals surface area (Å²) >= 11 is 0. The summed E-state index contributed by atoms with van der Waals surface area (Å²) in [7, 11) is 0. The highest BCUT2D eigenvalue weighted by molar-refractivity contribution is 5.94. The van der Waals surface area contributed by atoms with E-state index in [0.717, 1.165) is 12.0 Å². The van der Waals surface area contributed by atoms with Crippen LogP contribution in [0.15, 0.2) is 24.3 Å². The molecule has 3 atom stereocenters. The van der Waals surface area contributed by atoms with E-state index in [1.807, 2.05) is 65.8 Å². The van der Waals surface area contributed by atoms with Crippen LogP contribution in [0.3, 0.4) is 0 Å². The average Bonchev–Trinajstić information content (AvgIpc) is 2.72. The van der Waals surface area contributed by atoms with Gasteiger partial charge in [-0.25, -0.2) is 9.59 Å². The number of benzene rings is 1. The van der Waals surface area contributed by atoms with Crippen molar-refractivity contribution in [3.63, 3.8) is 0 Å². The van der Waals surface area contributed by atoms with Gasteiger partial charge in [-0.3, -0.25) is 4.79 Å². The molecule has 1 aromatic rings. The lowest BCUT2D eigenvalue weighted by Gasteiger charge is -2.41. The van der Waals surface area contributed by atoms with Crippen LogP contribution in [0.2, 0.25) is 0 Å². The van der Waals surface area contributed by atoms with Crippen molar-refractivity contribution in [1.82, 2.24) is 20.4 Å². The van der Waals surface area contributed by atoms with Gasteiger partial charge in [0.2, 0.25) is 5.91 Å². The highest BCUT2D eigenvalue weighted by Gasteiger charge is 2.35. The number of urea groups is 2. The summed E-state index contributed by atoms with van der Waals surface area (Å²) in [5.74, 6) is -0.127. The Morgan fingerprint density at radius 3 is 2.26 bits per heavy atom. The number of nitrogens with one attached hydrogen (secondary N) is 3. The molecule has 8 nitrogen and oxygen atoms in total. The number of carbonyl (C=O) groups is 3. The van der Waals surface area contributed by atoms with Crippen molar-refractivity contribution in [2.45, 2.75) is 66.1 Å². The van der Waals surface area contributed by atoms with Gasteiger partial charge in [-0.05, 0) is 45.7 Å². The van der Waals surface area contributed by atoms with Crippen LogP contribution < -0.4 is 16.0 Å². The van der Waals surface area contributed by atoms with Crippen molar-refractivity contribution in [3.05, 3.63) is 29.8 Å². The van der Waals surface area contributed by atoms with Crippen molar-refractivity contribution in [3.8, 4) is 0 Å². The van der Waals surface area contributed by atoms with Crippen molar-refractivity contribution < 1.29 is 14.4 Å². The van der Waals surface area contributed by atoms with Crippen LogP contribution in [0.1, 0.15) is 46.6 Å². The van der Waals surface area contributed by atoms with Crippen LogP contribution in [-0.4, -0.2) is 65.5 Å². The van der Waals surface area contributed by atoms with Crippen LogP contribution >= 0.6 is 0 Å². The van der Waals surface area contributed by atoms with Gasteiger partial charge in [-0.2, -0.15) is 0 Å². The molecule has 8 heteroatoms. The van der Waals surface area contributed by atoms with Crippen LogP contribution in [-0.2, 0) is 4.79 Å². The van der Waals surface area contributed by atoms with Crippen LogP contribution in [0.4, 0.5) is 15.3 Å². The molecular formula is C23H37N5O3. The quantitative estimate of drug-likeness (QED) is 0.646. The summed E-state index contributed by atoms with van der Waals surface area (Å²) in [5.41, 5.74) is 1.78. The molecule has 3 N–H and O–H groups in total. The van der Waals surface area contributed by atoms with E-state index in [4.69, 9.17) is 0 Å². The molecule has 5 amide bonds. The number of carbonyl (C=O) groups excluding carboxylic acids is 3. The largest absolute Gasteiger partial charge is 0.337 e. The first-order valence-corrected chi connectivity index (χ1v) is 11.1. The minimum absolute atomic E-state index is 0.0196. The van der Waals surface area contributed by atoms with E-state index in [1.165, 1.54) is 0 Å². The lowest BCUT2D eigenvalue weighted by atomic mass is 9.97. The maximum absolute atomic E-state index is 13.3. The zero-order valence-electron chi connectivity index (χ0n) is 19.6. The predicted octanol–water partition coefficient (Wildman–Crippen LogP) is 3.18. The van der Waals surface area contributed by atoms with E-state index in [-0.39, 0.29) is 29.9 Å². The molecule has 0 bridgehead atoms. The van der Waals surface area contributed by atoms with Gasteiger partial charge in [0.1, 0.15) is 6.04 Å². The number of rotatable bonds is 6. The first-order chi connectivity index (χ1) is 14.6. The summed E-state index contributed by atoms with van der Waals surface area (Å²) in [6, 6.07) is 6.33. The van der Waals surface area contributed by atoms with Gasteiger partial charge in [0, 0.05) is 37.4 Å². The lowest BCUT2D eigenvalue weighted by molar-refractivity contribution is -0.136. The van der Waals surface area contributed by atoms with Gasteiger partial charge in [-0.1, -0.05) is 38.0 Å². The van der Waals surface area contributed by atoms with Crippen molar-refractivity contribution in [1.29, 1.82) is 0 Å². The van der Waals surface area contributed by atoms with E-state index < -0.39 is 12.1 Å². The summed E-state index contributed by atoms with van der Waals surface area (Å²) in [5, 5.41) is 8.58. The predicted molar refractivity (Wildman–Crippen MR) is 123 cm³/mol. The average molecular weight is 432 g/mol. The second kappa shape index (κ2) is 11.0. The zero-order chi connectivity index (χ0) is 23.1. The molecule has 1 aromatic carbocycles. The standard InChI is InChI=1S/C23H37N5O3/c1-7-17(5)20(26-22(30)25-19-10-8-16(4)9-11-19)21(29)27-12-13-28(18(6)14-27)23(31)24-15(2)3/h8-11,15,17-18,20H,7,12-14H2,1-6H3,(H,24,31)(H2,25,26,30). The molecule has 1 heterocycles. The number of anilines is 1. The van der Waals surface area contributed by atoms with Gasteiger partial charge in [0.25, 0.3) is 0 Å². The van der Waals surface area contributed by atoms with E-state index in [0.29, 0.717) is 25.3 Å². The molecule has 0 radical (unpaired) electrons. The Kier molecular flexibility index (Phi) is 8.71. The highest BCUT2D eigenvalue weighted by Crippen LogP contribution is 2.16. The minimum atomic E-state index is -0.626. The Labute approximate surface area is 185 Å². The maximum Gasteiger partial charge on any atom is 0.319 e. The molecular weight excluding hydrogens is 394 g/mol. The molecule has 1 aliphatic rings. The smallest absolute Gasteiger partial charge is 0.319 e. The summed E-state index contributed by atoms with van der Waals surface area (Å²) in [6.07, 6.45) is 0.757. The summed E-state index contributed by atoms with van der Waals surface area (Å²) in [6.45, 7) is 13.1. The van der Waals surface area contributed by atoms with Crippen molar-refractivity contribution in [2.24, 2.45) is 5.92 Å². The molecule has 0 saturated carbocycles. The topological polar surface area (TPSA) is 93.8 Å². The first-order valence-electron chi connectivity index (χ1n) is 11.1. The second-order valence-electron chi connectivity index (χ2n) is 8.76. The Hall–Kier alpha value is -2.77. The van der Waals surface area contributed by atoms with E-state index in [1.54, 1.807) is 9.80 Å². The Morgan fingerprint density at radius 2 is 1.71 bits per heavy atom. The SMILES string of the molecule is CCC(C)C(NC(=O)Nc1ccc(C)cc1)C(=O)N1CCN(C(=O)NC(C)C)C(C)C1. The molecule has 1 fully saturated rings. The normalized spacial score (nSPS) is 18.4. The lowest BCUT2D eigenvalue weighted by Crippen LogP contribution is -2.61. The number of hydrogen-bond donors (Lipinski definition) is 3. The Balaban J connectivity index is 2.02. The van der Waals surface area contributed by atoms with Gasteiger partial charge in [0.05, 0.1) is 0 Å². The fourth-order valence-corrected chi connectivity index (χ4v) is 3.61. The van der Waals surface area contributed by atoms with E-state index in [2.05, 4.69) is 16.0 Å².